The first kappa shape index (κ1) is 26.9. The van der Waals surface area contributed by atoms with Crippen LogP contribution in [-0.2, 0) is 16.1 Å². The molecule has 0 saturated carbocycles. The zero-order valence-electron chi connectivity index (χ0n) is 21.9. The SMILES string of the molecule is CSc1cc(C)[nH]c(=O)c1CNC(=O)c1cc(Cl)c2c(c1C)OC(C)(C1CCN(C(=O)C3COC3)CC1)O2. The Morgan fingerprint density at radius 1 is 1.18 bits per heavy atom. The van der Waals surface area contributed by atoms with E-state index in [4.69, 9.17) is 25.8 Å². The molecule has 2 N–H and O–H groups in total. The van der Waals surface area contributed by atoms with Crippen molar-refractivity contribution in [1.82, 2.24) is 15.2 Å². The zero-order valence-corrected chi connectivity index (χ0v) is 23.5. The predicted octanol–water partition coefficient (Wildman–Crippen LogP) is 3.67. The molecule has 2 saturated heterocycles. The lowest BCUT2D eigenvalue weighted by atomic mass is 9.88. The second-order valence-corrected chi connectivity index (χ2v) is 11.5. The van der Waals surface area contributed by atoms with Crippen molar-refractivity contribution in [3.8, 4) is 11.5 Å². The number of carbonyl (C=O) groups excluding carboxylic acids is 2. The number of aryl methyl sites for hydroxylation is 1. The number of nitrogens with zero attached hydrogens (tertiary/aromatic N) is 1. The number of benzene rings is 1. The average molecular weight is 562 g/mol. The summed E-state index contributed by atoms with van der Waals surface area (Å²) in [6.07, 6.45) is 3.36. The van der Waals surface area contributed by atoms with Gasteiger partial charge in [-0.1, -0.05) is 11.6 Å². The zero-order chi connectivity index (χ0) is 27.2. The third kappa shape index (κ3) is 4.89. The first-order chi connectivity index (χ1) is 18.1. The molecule has 1 unspecified atom stereocenters. The maximum atomic E-state index is 13.2. The number of pyridine rings is 1. The van der Waals surface area contributed by atoms with Gasteiger partial charge in [0.1, 0.15) is 0 Å². The van der Waals surface area contributed by atoms with Crippen LogP contribution in [0.2, 0.25) is 5.02 Å². The molecule has 4 heterocycles. The maximum Gasteiger partial charge on any atom is 0.254 e. The van der Waals surface area contributed by atoms with Crippen LogP contribution in [0.25, 0.3) is 0 Å². The van der Waals surface area contributed by atoms with Gasteiger partial charge >= 0.3 is 0 Å². The Kier molecular flexibility index (Phi) is 7.41. The third-order valence-electron chi connectivity index (χ3n) is 7.70. The Balaban J connectivity index is 1.29. The fourth-order valence-corrected chi connectivity index (χ4v) is 6.25. The van der Waals surface area contributed by atoms with E-state index >= 15 is 0 Å². The number of ether oxygens (including phenoxy) is 3. The fourth-order valence-electron chi connectivity index (χ4n) is 5.31. The standard InChI is InChI=1S/C27H32ClN3O6S/c1-14-9-21(38-4)19(25(33)30-14)11-29-24(32)18-10-20(28)23-22(15(18)2)36-27(3,37-23)17-5-7-31(8-6-17)26(34)16-12-35-13-16/h9-10,16-17H,5-8,11-13H2,1-4H3,(H,29,32)(H,30,33). The lowest BCUT2D eigenvalue weighted by Crippen LogP contribution is -2.52. The lowest BCUT2D eigenvalue weighted by Gasteiger charge is -2.40. The van der Waals surface area contributed by atoms with Gasteiger partial charge in [0.25, 0.3) is 17.3 Å². The van der Waals surface area contributed by atoms with Crippen LogP contribution in [0.1, 0.15) is 46.9 Å². The predicted molar refractivity (Wildman–Crippen MR) is 144 cm³/mol. The number of piperidine rings is 1. The van der Waals surface area contributed by atoms with E-state index in [-0.39, 0.29) is 40.8 Å². The van der Waals surface area contributed by atoms with Gasteiger partial charge in [-0.05, 0) is 45.1 Å². The number of H-pyrrole nitrogens is 1. The molecule has 0 bridgehead atoms. The van der Waals surface area contributed by atoms with Crippen LogP contribution in [0.15, 0.2) is 21.8 Å². The summed E-state index contributed by atoms with van der Waals surface area (Å²) in [5.41, 5.74) is 2.02. The number of fused-ring (bicyclic) bond motifs is 1. The van der Waals surface area contributed by atoms with Gasteiger partial charge in [0.15, 0.2) is 11.5 Å². The molecular weight excluding hydrogens is 530 g/mol. The molecule has 2 amide bonds. The molecular formula is C27H32ClN3O6S. The summed E-state index contributed by atoms with van der Waals surface area (Å²) in [5.74, 6) is -0.258. The van der Waals surface area contributed by atoms with Crippen LogP contribution in [0.5, 0.6) is 11.5 Å². The van der Waals surface area contributed by atoms with E-state index in [1.807, 2.05) is 31.1 Å². The number of halogens is 1. The molecule has 9 nitrogen and oxygen atoms in total. The van der Waals surface area contributed by atoms with Gasteiger partial charge in [-0.2, -0.15) is 0 Å². The van der Waals surface area contributed by atoms with E-state index < -0.39 is 5.79 Å². The topological polar surface area (TPSA) is 110 Å². The van der Waals surface area contributed by atoms with Gasteiger partial charge in [0, 0.05) is 59.8 Å². The van der Waals surface area contributed by atoms with Crippen LogP contribution >= 0.6 is 23.4 Å². The molecule has 3 aliphatic rings. The van der Waals surface area contributed by atoms with Crippen molar-refractivity contribution in [2.75, 3.05) is 32.6 Å². The van der Waals surface area contributed by atoms with E-state index in [1.54, 1.807) is 13.0 Å². The number of aromatic amines is 1. The van der Waals surface area contributed by atoms with Crippen molar-refractivity contribution in [1.29, 1.82) is 0 Å². The number of likely N-dealkylation sites (tertiary alicyclic amines) is 1. The van der Waals surface area contributed by atoms with Gasteiger partial charge in [-0.15, -0.1) is 11.8 Å². The molecule has 2 fully saturated rings. The number of hydrogen-bond acceptors (Lipinski definition) is 7. The fraction of sp³-hybridized carbons (Fsp3) is 0.519. The second-order valence-electron chi connectivity index (χ2n) is 10.3. The molecule has 5 rings (SSSR count). The molecule has 3 aliphatic heterocycles. The first-order valence-corrected chi connectivity index (χ1v) is 14.3. The van der Waals surface area contributed by atoms with Crippen molar-refractivity contribution in [3.05, 3.63) is 49.9 Å². The second kappa shape index (κ2) is 10.5. The van der Waals surface area contributed by atoms with Crippen molar-refractivity contribution < 1.29 is 23.8 Å². The summed E-state index contributed by atoms with van der Waals surface area (Å²) in [6.45, 7) is 7.87. The molecule has 204 valence electrons. The van der Waals surface area contributed by atoms with E-state index in [0.29, 0.717) is 54.5 Å². The molecule has 38 heavy (non-hydrogen) atoms. The molecule has 2 aromatic rings. The number of aromatic nitrogens is 1. The minimum atomic E-state index is -0.955. The molecule has 1 atom stereocenters. The van der Waals surface area contributed by atoms with Crippen molar-refractivity contribution in [3.63, 3.8) is 0 Å². The summed E-state index contributed by atoms with van der Waals surface area (Å²) < 4.78 is 17.8. The highest BCUT2D eigenvalue weighted by molar-refractivity contribution is 7.98. The Hall–Kier alpha value is -2.69. The summed E-state index contributed by atoms with van der Waals surface area (Å²) in [6, 6.07) is 3.47. The third-order valence-corrected chi connectivity index (χ3v) is 8.79. The highest BCUT2D eigenvalue weighted by atomic mass is 35.5. The van der Waals surface area contributed by atoms with Crippen LogP contribution in [0.3, 0.4) is 0 Å². The monoisotopic (exact) mass is 561 g/mol. The molecule has 0 radical (unpaired) electrons. The van der Waals surface area contributed by atoms with Crippen LogP contribution in [0.4, 0.5) is 0 Å². The molecule has 0 spiro atoms. The molecule has 1 aromatic carbocycles. The number of nitrogens with one attached hydrogen (secondary N) is 2. The Morgan fingerprint density at radius 3 is 2.50 bits per heavy atom. The van der Waals surface area contributed by atoms with Gasteiger partial charge in [0.2, 0.25) is 5.91 Å². The van der Waals surface area contributed by atoms with E-state index in [1.165, 1.54) is 11.8 Å². The van der Waals surface area contributed by atoms with Crippen LogP contribution < -0.4 is 20.3 Å². The van der Waals surface area contributed by atoms with Gasteiger partial charge in [-0.3, -0.25) is 14.4 Å². The van der Waals surface area contributed by atoms with Crippen LogP contribution in [-0.4, -0.2) is 60.0 Å². The lowest BCUT2D eigenvalue weighted by molar-refractivity contribution is -0.157. The van der Waals surface area contributed by atoms with Gasteiger partial charge < -0.3 is 29.4 Å². The number of carbonyl (C=O) groups is 2. The highest BCUT2D eigenvalue weighted by Crippen LogP contribution is 2.51. The van der Waals surface area contributed by atoms with E-state index in [0.717, 1.165) is 23.4 Å². The number of hydrogen-bond donors (Lipinski definition) is 2. The Bertz CT molecular complexity index is 1340. The Labute approximate surface area is 230 Å². The average Bonchev–Trinajstić information content (AvgIpc) is 3.24. The summed E-state index contributed by atoms with van der Waals surface area (Å²) >= 11 is 8.04. The molecule has 11 heteroatoms. The minimum Gasteiger partial charge on any atom is -0.448 e. The van der Waals surface area contributed by atoms with Crippen molar-refractivity contribution in [2.45, 2.75) is 50.8 Å². The minimum absolute atomic E-state index is 0.0203. The summed E-state index contributed by atoms with van der Waals surface area (Å²) in [5, 5.41) is 3.14. The van der Waals surface area contributed by atoms with Gasteiger partial charge in [-0.25, -0.2) is 0 Å². The normalized spacial score (nSPS) is 21.3. The smallest absolute Gasteiger partial charge is 0.254 e. The molecule has 1 aromatic heterocycles. The number of amides is 2. The summed E-state index contributed by atoms with van der Waals surface area (Å²) in [4.78, 5) is 43.7. The largest absolute Gasteiger partial charge is 0.448 e. The summed E-state index contributed by atoms with van der Waals surface area (Å²) in [7, 11) is 0. The molecule has 0 aliphatic carbocycles. The van der Waals surface area contributed by atoms with E-state index in [9.17, 15) is 14.4 Å². The Morgan fingerprint density at radius 2 is 1.87 bits per heavy atom. The highest BCUT2D eigenvalue weighted by Gasteiger charge is 2.48. The quantitative estimate of drug-likeness (QED) is 0.518. The van der Waals surface area contributed by atoms with Crippen LogP contribution in [0, 0.1) is 25.7 Å². The van der Waals surface area contributed by atoms with Gasteiger partial charge in [0.05, 0.1) is 24.2 Å². The maximum absolute atomic E-state index is 13.2. The van der Waals surface area contributed by atoms with Crippen molar-refractivity contribution in [2.24, 2.45) is 11.8 Å². The van der Waals surface area contributed by atoms with E-state index in [2.05, 4.69) is 10.3 Å². The number of thioether (sulfide) groups is 1. The van der Waals surface area contributed by atoms with Crippen molar-refractivity contribution >= 4 is 35.2 Å². The first-order valence-electron chi connectivity index (χ1n) is 12.7. The number of rotatable bonds is 6.